The number of carbonyl (C=O) groups is 1. The molecule has 2 heterocycles. The highest BCUT2D eigenvalue weighted by Crippen LogP contribution is 2.34. The minimum atomic E-state index is -2.90. The van der Waals surface area contributed by atoms with Gasteiger partial charge in [-0.3, -0.25) is 4.79 Å². The van der Waals surface area contributed by atoms with Gasteiger partial charge in [0.25, 0.3) is 0 Å². The SMILES string of the molecule is Cc1c(NC(=O)CC2OCCc3ccsc32)cccc1OC(F)F. The number of fused-ring (bicyclic) bond motifs is 1. The van der Waals surface area contributed by atoms with E-state index in [1.807, 2.05) is 5.38 Å². The molecule has 1 aliphatic rings. The largest absolute Gasteiger partial charge is 0.434 e. The second-order valence-corrected chi connectivity index (χ2v) is 6.43. The molecule has 0 aliphatic carbocycles. The maximum atomic E-state index is 12.4. The van der Waals surface area contributed by atoms with E-state index in [9.17, 15) is 13.6 Å². The number of nitrogens with one attached hydrogen (secondary N) is 1. The summed E-state index contributed by atoms with van der Waals surface area (Å²) in [6.07, 6.45) is 0.797. The Morgan fingerprint density at radius 1 is 1.46 bits per heavy atom. The predicted octanol–water partition coefficient (Wildman–Crippen LogP) is 4.30. The Morgan fingerprint density at radius 2 is 2.29 bits per heavy atom. The van der Waals surface area contributed by atoms with Crippen molar-refractivity contribution in [3.8, 4) is 5.75 Å². The van der Waals surface area contributed by atoms with E-state index in [-0.39, 0.29) is 24.2 Å². The lowest BCUT2D eigenvalue weighted by molar-refractivity contribution is -0.119. The van der Waals surface area contributed by atoms with Gasteiger partial charge in [0, 0.05) is 16.1 Å². The lowest BCUT2D eigenvalue weighted by atomic mass is 10.1. The van der Waals surface area contributed by atoms with Crippen molar-refractivity contribution in [2.45, 2.75) is 32.5 Å². The minimum Gasteiger partial charge on any atom is -0.434 e. The van der Waals surface area contributed by atoms with Gasteiger partial charge in [-0.2, -0.15) is 8.78 Å². The molecule has 0 saturated carbocycles. The number of alkyl halides is 2. The molecule has 3 rings (SSSR count). The van der Waals surface area contributed by atoms with Gasteiger partial charge in [-0.05, 0) is 42.5 Å². The first kappa shape index (κ1) is 16.9. The number of benzene rings is 1. The Hall–Kier alpha value is -1.99. The topological polar surface area (TPSA) is 47.6 Å². The summed E-state index contributed by atoms with van der Waals surface area (Å²) < 4.78 is 34.9. The Kier molecular flexibility index (Phi) is 5.11. The molecule has 1 aromatic carbocycles. The number of rotatable bonds is 5. The van der Waals surface area contributed by atoms with Gasteiger partial charge < -0.3 is 14.8 Å². The van der Waals surface area contributed by atoms with Crippen LogP contribution in [0.4, 0.5) is 14.5 Å². The Labute approximate surface area is 142 Å². The first-order chi connectivity index (χ1) is 11.5. The van der Waals surface area contributed by atoms with E-state index in [2.05, 4.69) is 16.1 Å². The van der Waals surface area contributed by atoms with Crippen LogP contribution in [0.25, 0.3) is 0 Å². The average Bonchev–Trinajstić information content (AvgIpc) is 3.00. The van der Waals surface area contributed by atoms with E-state index in [4.69, 9.17) is 4.74 Å². The van der Waals surface area contributed by atoms with Crippen LogP contribution in [0, 0.1) is 6.92 Å². The molecule has 7 heteroatoms. The maximum absolute atomic E-state index is 12.4. The average molecular weight is 353 g/mol. The summed E-state index contributed by atoms with van der Waals surface area (Å²) in [5, 5.41) is 4.75. The van der Waals surface area contributed by atoms with Crippen molar-refractivity contribution < 1.29 is 23.0 Å². The van der Waals surface area contributed by atoms with E-state index in [0.29, 0.717) is 17.9 Å². The summed E-state index contributed by atoms with van der Waals surface area (Å²) in [5.74, 6) is -0.171. The number of thiophene rings is 1. The first-order valence-electron chi connectivity index (χ1n) is 7.56. The van der Waals surface area contributed by atoms with E-state index >= 15 is 0 Å². The first-order valence-corrected chi connectivity index (χ1v) is 8.44. The third-order valence-corrected chi connectivity index (χ3v) is 4.96. The fourth-order valence-corrected chi connectivity index (χ4v) is 3.72. The van der Waals surface area contributed by atoms with Gasteiger partial charge >= 0.3 is 6.61 Å². The highest BCUT2D eigenvalue weighted by molar-refractivity contribution is 7.10. The van der Waals surface area contributed by atoms with Crippen LogP contribution in [0.1, 0.15) is 28.5 Å². The molecule has 0 spiro atoms. The van der Waals surface area contributed by atoms with Gasteiger partial charge in [0.1, 0.15) is 11.9 Å². The number of hydrogen-bond acceptors (Lipinski definition) is 4. The lowest BCUT2D eigenvalue weighted by Crippen LogP contribution is -2.21. The van der Waals surface area contributed by atoms with Crippen LogP contribution in [-0.2, 0) is 16.0 Å². The number of amides is 1. The molecular weight excluding hydrogens is 336 g/mol. The number of ether oxygens (including phenoxy) is 2. The van der Waals surface area contributed by atoms with Crippen LogP contribution in [0.5, 0.6) is 5.75 Å². The van der Waals surface area contributed by atoms with E-state index in [1.54, 1.807) is 30.4 Å². The van der Waals surface area contributed by atoms with Crippen molar-refractivity contribution in [1.29, 1.82) is 0 Å². The van der Waals surface area contributed by atoms with Crippen molar-refractivity contribution in [2.75, 3.05) is 11.9 Å². The third-order valence-electron chi connectivity index (χ3n) is 3.91. The summed E-state index contributed by atoms with van der Waals surface area (Å²) in [6, 6.07) is 6.72. The molecule has 0 bridgehead atoms. The number of hydrogen-bond donors (Lipinski definition) is 1. The molecule has 2 aromatic rings. The molecule has 1 atom stereocenters. The van der Waals surface area contributed by atoms with E-state index in [0.717, 1.165) is 11.3 Å². The van der Waals surface area contributed by atoms with Gasteiger partial charge in [0.15, 0.2) is 0 Å². The Bertz CT molecular complexity index is 732. The van der Waals surface area contributed by atoms with Crippen LogP contribution in [0.3, 0.4) is 0 Å². The minimum absolute atomic E-state index is 0.0530. The molecule has 1 N–H and O–H groups in total. The fourth-order valence-electron chi connectivity index (χ4n) is 2.72. The molecule has 0 radical (unpaired) electrons. The molecule has 1 aliphatic heterocycles. The summed E-state index contributed by atoms with van der Waals surface area (Å²) in [6.45, 7) is -0.678. The molecule has 1 unspecified atom stereocenters. The van der Waals surface area contributed by atoms with Crippen molar-refractivity contribution in [2.24, 2.45) is 0 Å². The molecule has 1 amide bonds. The standard InChI is InChI=1S/C17H17F2NO3S/c1-10-12(3-2-4-13(10)23-17(18)19)20-15(21)9-14-16-11(5-7-22-14)6-8-24-16/h2-4,6,8,14,17H,5,7,9H2,1H3,(H,20,21). The third kappa shape index (κ3) is 3.73. The monoisotopic (exact) mass is 353 g/mol. The van der Waals surface area contributed by atoms with Crippen LogP contribution >= 0.6 is 11.3 Å². The molecule has 0 fully saturated rings. The van der Waals surface area contributed by atoms with E-state index < -0.39 is 6.61 Å². The molecule has 4 nitrogen and oxygen atoms in total. The molecular formula is C17H17F2NO3S. The smallest absolute Gasteiger partial charge is 0.387 e. The molecule has 128 valence electrons. The van der Waals surface area contributed by atoms with Gasteiger partial charge in [-0.1, -0.05) is 6.07 Å². The summed E-state index contributed by atoms with van der Waals surface area (Å²) in [7, 11) is 0. The summed E-state index contributed by atoms with van der Waals surface area (Å²) in [4.78, 5) is 13.4. The second kappa shape index (κ2) is 7.27. The quantitative estimate of drug-likeness (QED) is 0.872. The zero-order valence-corrected chi connectivity index (χ0v) is 13.9. The highest BCUT2D eigenvalue weighted by Gasteiger charge is 2.25. The van der Waals surface area contributed by atoms with E-state index in [1.165, 1.54) is 11.6 Å². The van der Waals surface area contributed by atoms with Gasteiger partial charge in [-0.25, -0.2) is 0 Å². The maximum Gasteiger partial charge on any atom is 0.387 e. The van der Waals surface area contributed by atoms with Crippen molar-refractivity contribution in [3.05, 3.63) is 45.6 Å². The van der Waals surface area contributed by atoms with Crippen molar-refractivity contribution in [1.82, 2.24) is 0 Å². The summed E-state index contributed by atoms with van der Waals surface area (Å²) in [5.41, 5.74) is 2.15. The highest BCUT2D eigenvalue weighted by atomic mass is 32.1. The van der Waals surface area contributed by atoms with Crippen LogP contribution in [0.15, 0.2) is 29.6 Å². The molecule has 24 heavy (non-hydrogen) atoms. The number of carbonyl (C=O) groups excluding carboxylic acids is 1. The predicted molar refractivity (Wildman–Crippen MR) is 87.8 cm³/mol. The zero-order chi connectivity index (χ0) is 17.1. The number of anilines is 1. The van der Waals surface area contributed by atoms with Crippen LogP contribution in [0.2, 0.25) is 0 Å². The molecule has 1 aromatic heterocycles. The van der Waals surface area contributed by atoms with Crippen molar-refractivity contribution in [3.63, 3.8) is 0 Å². The zero-order valence-electron chi connectivity index (χ0n) is 13.1. The summed E-state index contributed by atoms with van der Waals surface area (Å²) >= 11 is 1.59. The Morgan fingerprint density at radius 3 is 3.08 bits per heavy atom. The Balaban J connectivity index is 1.68. The van der Waals surface area contributed by atoms with Gasteiger partial charge in [-0.15, -0.1) is 11.3 Å². The van der Waals surface area contributed by atoms with Gasteiger partial charge in [0.2, 0.25) is 5.91 Å². The second-order valence-electron chi connectivity index (χ2n) is 5.48. The molecule has 0 saturated heterocycles. The van der Waals surface area contributed by atoms with Crippen molar-refractivity contribution >= 4 is 22.9 Å². The van der Waals surface area contributed by atoms with Crippen LogP contribution < -0.4 is 10.1 Å². The van der Waals surface area contributed by atoms with Gasteiger partial charge in [0.05, 0.1) is 13.0 Å². The fraction of sp³-hybridized carbons (Fsp3) is 0.353. The lowest BCUT2D eigenvalue weighted by Gasteiger charge is -2.23. The van der Waals surface area contributed by atoms with Crippen LogP contribution in [-0.4, -0.2) is 19.1 Å². The normalized spacial score (nSPS) is 16.8. The number of halogens is 2.